The number of carboxylic acids is 1. The molecular formula is C11H13KO4S. The molecular weight excluding hydrogens is 267 g/mol. The summed E-state index contributed by atoms with van der Waals surface area (Å²) in [5.74, 6) is -0.845. The van der Waals surface area contributed by atoms with Gasteiger partial charge in [-0.25, -0.2) is 9.59 Å². The Balaban J connectivity index is 0. The van der Waals surface area contributed by atoms with Gasteiger partial charge in [-0.15, -0.1) is 0 Å². The van der Waals surface area contributed by atoms with Crippen molar-refractivity contribution in [3.63, 3.8) is 0 Å². The van der Waals surface area contributed by atoms with Gasteiger partial charge in [-0.2, -0.15) is 0 Å². The second kappa shape index (κ2) is 9.13. The van der Waals surface area contributed by atoms with Crippen LogP contribution >= 0.6 is 12.0 Å². The first-order valence-corrected chi connectivity index (χ1v) is 5.73. The summed E-state index contributed by atoms with van der Waals surface area (Å²) < 4.78 is 4.89. The summed E-state index contributed by atoms with van der Waals surface area (Å²) in [5, 5.41) is 8.75. The molecule has 1 rings (SSSR count). The Morgan fingerprint density at radius 1 is 1.41 bits per heavy atom. The molecule has 0 atom stereocenters. The minimum absolute atomic E-state index is 0. The third kappa shape index (κ3) is 6.03. The van der Waals surface area contributed by atoms with Crippen LogP contribution in [0.25, 0.3) is 0 Å². The number of rotatable bonds is 5. The van der Waals surface area contributed by atoms with Gasteiger partial charge in [0.05, 0.1) is 23.2 Å². The maximum Gasteiger partial charge on any atom is 1.00 e. The predicted octanol–water partition coefficient (Wildman–Crippen LogP) is -0.284. The van der Waals surface area contributed by atoms with E-state index in [1.165, 1.54) is 24.3 Å². The topological polar surface area (TPSA) is 63.6 Å². The molecule has 0 spiro atoms. The van der Waals surface area contributed by atoms with Crippen LogP contribution in [-0.4, -0.2) is 22.8 Å². The van der Waals surface area contributed by atoms with Crippen molar-refractivity contribution < 1.29 is 71.7 Å². The quantitative estimate of drug-likeness (QED) is 0.456. The average Bonchev–Trinajstić information content (AvgIpc) is 2.29. The van der Waals surface area contributed by atoms with Gasteiger partial charge in [0.25, 0.3) is 0 Å². The minimum Gasteiger partial charge on any atom is -1.00 e. The van der Waals surface area contributed by atoms with E-state index in [9.17, 15) is 9.59 Å². The summed E-state index contributed by atoms with van der Waals surface area (Å²) in [6.45, 7) is 1.98. The molecule has 6 heteroatoms. The number of carbonyl (C=O) groups is 2. The van der Waals surface area contributed by atoms with Crippen LogP contribution < -0.4 is 51.4 Å². The van der Waals surface area contributed by atoms with Crippen LogP contribution in [0.3, 0.4) is 0 Å². The molecule has 0 radical (unpaired) electrons. The third-order valence-corrected chi connectivity index (χ3v) is 2.61. The Bertz CT molecular complexity index is 400. The van der Waals surface area contributed by atoms with E-state index in [2.05, 4.69) is 0 Å². The molecule has 0 heterocycles. The van der Waals surface area contributed by atoms with Crippen LogP contribution in [0.4, 0.5) is 0 Å². The zero-order valence-electron chi connectivity index (χ0n) is 10.8. The van der Waals surface area contributed by atoms with E-state index in [4.69, 9.17) is 9.29 Å². The molecule has 0 bridgehead atoms. The number of hydrogen-bond donors (Lipinski definition) is 1. The third-order valence-electron chi connectivity index (χ3n) is 1.77. The van der Waals surface area contributed by atoms with Gasteiger partial charge < -0.3 is 10.7 Å². The normalized spacial score (nSPS) is 9.24. The van der Waals surface area contributed by atoms with Crippen molar-refractivity contribution >= 4 is 24.0 Å². The number of carbonyl (C=O) groups excluding carboxylic acids is 1. The van der Waals surface area contributed by atoms with E-state index >= 15 is 0 Å². The summed E-state index contributed by atoms with van der Waals surface area (Å²) in [5.41, 5.74) is 0.332. The molecule has 1 N–H and O–H groups in total. The molecule has 0 saturated heterocycles. The van der Waals surface area contributed by atoms with E-state index in [1.807, 2.05) is 6.92 Å². The van der Waals surface area contributed by atoms with Crippen molar-refractivity contribution in [2.45, 2.75) is 13.3 Å². The van der Waals surface area contributed by atoms with Gasteiger partial charge >= 0.3 is 63.3 Å². The number of hydrogen-bond acceptors (Lipinski definition) is 4. The molecule has 0 amide bonds. The fraction of sp³-hybridized carbons (Fsp3) is 0.273. The Morgan fingerprint density at radius 2 is 2.06 bits per heavy atom. The van der Waals surface area contributed by atoms with E-state index in [1.54, 1.807) is 0 Å². The largest absolute Gasteiger partial charge is 1.00 e. The van der Waals surface area contributed by atoms with Crippen molar-refractivity contribution in [1.29, 1.82) is 0 Å². The van der Waals surface area contributed by atoms with Crippen LogP contribution in [0.2, 0.25) is 0 Å². The standard InChI is InChI=1S/C11H12O4S.K.H/c1-2-6-16-15-11(14)9-5-3-4-8(7-9)10(12)13;;/h3-5,7H,2,6H2,1H3,(H,12,13);;/q;+1;-1. The van der Waals surface area contributed by atoms with Crippen molar-refractivity contribution in [2.24, 2.45) is 0 Å². The second-order valence-corrected chi connectivity index (χ2v) is 3.89. The summed E-state index contributed by atoms with van der Waals surface area (Å²) in [4.78, 5) is 22.1. The summed E-state index contributed by atoms with van der Waals surface area (Å²) >= 11 is 1.07. The first-order valence-electron chi connectivity index (χ1n) is 4.82. The molecule has 0 aliphatic rings. The molecule has 88 valence electrons. The zero-order valence-corrected chi connectivity index (χ0v) is 13.7. The smallest absolute Gasteiger partial charge is 1.00 e. The maximum atomic E-state index is 11.5. The molecule has 0 fully saturated rings. The first-order chi connectivity index (χ1) is 7.65. The van der Waals surface area contributed by atoms with E-state index in [0.717, 1.165) is 24.2 Å². The van der Waals surface area contributed by atoms with Crippen molar-refractivity contribution in [1.82, 2.24) is 0 Å². The van der Waals surface area contributed by atoms with Crippen LogP contribution in [0.5, 0.6) is 0 Å². The van der Waals surface area contributed by atoms with E-state index in [0.29, 0.717) is 0 Å². The van der Waals surface area contributed by atoms with Crippen LogP contribution in [0.15, 0.2) is 24.3 Å². The van der Waals surface area contributed by atoms with Crippen molar-refractivity contribution in [2.75, 3.05) is 5.75 Å². The predicted molar refractivity (Wildman–Crippen MR) is 62.7 cm³/mol. The Hall–Kier alpha value is 0.146. The van der Waals surface area contributed by atoms with Gasteiger partial charge in [-0.3, -0.25) is 0 Å². The minimum atomic E-state index is -1.06. The van der Waals surface area contributed by atoms with E-state index < -0.39 is 11.9 Å². The fourth-order valence-corrected chi connectivity index (χ4v) is 1.46. The Labute approximate surface area is 148 Å². The zero-order chi connectivity index (χ0) is 12.0. The van der Waals surface area contributed by atoms with Gasteiger partial charge in [0.2, 0.25) is 0 Å². The Morgan fingerprint density at radius 3 is 2.65 bits per heavy atom. The Kier molecular flexibility index (Phi) is 9.20. The van der Waals surface area contributed by atoms with Gasteiger partial charge in [0, 0.05) is 5.75 Å². The molecule has 0 aromatic heterocycles. The molecule has 0 aliphatic heterocycles. The maximum absolute atomic E-state index is 11.5. The van der Waals surface area contributed by atoms with Gasteiger partial charge in [-0.1, -0.05) is 13.0 Å². The molecule has 17 heavy (non-hydrogen) atoms. The molecule has 4 nitrogen and oxygen atoms in total. The number of aromatic carboxylic acids is 1. The number of benzene rings is 1. The van der Waals surface area contributed by atoms with E-state index in [-0.39, 0.29) is 63.9 Å². The molecule has 0 unspecified atom stereocenters. The summed E-state index contributed by atoms with van der Waals surface area (Å²) in [7, 11) is 0. The average molecular weight is 280 g/mol. The fourth-order valence-electron chi connectivity index (χ4n) is 1.01. The van der Waals surface area contributed by atoms with Gasteiger partial charge in [-0.05, 0) is 24.6 Å². The molecule has 1 aromatic rings. The molecule has 1 aromatic carbocycles. The van der Waals surface area contributed by atoms with Crippen LogP contribution in [0.1, 0.15) is 35.5 Å². The summed E-state index contributed by atoms with van der Waals surface area (Å²) in [6.07, 6.45) is 0.910. The number of carboxylic acid groups (broad SMARTS) is 1. The second-order valence-electron chi connectivity index (χ2n) is 3.08. The van der Waals surface area contributed by atoms with Gasteiger partial charge in [0.1, 0.15) is 0 Å². The van der Waals surface area contributed by atoms with Crippen LogP contribution in [-0.2, 0) is 4.18 Å². The summed E-state index contributed by atoms with van der Waals surface area (Å²) in [6, 6.07) is 5.78. The molecule has 0 saturated carbocycles. The molecule has 0 aliphatic carbocycles. The SMILES string of the molecule is CCCSOC(=O)c1cccc(C(=O)O)c1.[H-].[K+]. The monoisotopic (exact) mass is 280 g/mol. The van der Waals surface area contributed by atoms with Crippen molar-refractivity contribution in [3.8, 4) is 0 Å². The van der Waals surface area contributed by atoms with Gasteiger partial charge in [0.15, 0.2) is 0 Å². The first kappa shape index (κ1) is 17.1. The van der Waals surface area contributed by atoms with Crippen LogP contribution in [0, 0.1) is 0 Å². The van der Waals surface area contributed by atoms with Crippen molar-refractivity contribution in [3.05, 3.63) is 35.4 Å².